The van der Waals surface area contributed by atoms with Crippen LogP contribution in [0.3, 0.4) is 0 Å². The predicted molar refractivity (Wildman–Crippen MR) is 93.0 cm³/mol. The maximum absolute atomic E-state index is 11.8. The maximum atomic E-state index is 11.8. The zero-order valence-electron chi connectivity index (χ0n) is 12.2. The maximum Gasteiger partial charge on any atom is 0.344 e. The van der Waals surface area contributed by atoms with Crippen LogP contribution >= 0.6 is 34.8 Å². The molecule has 0 aliphatic heterocycles. The van der Waals surface area contributed by atoms with Gasteiger partial charge in [0.1, 0.15) is 5.75 Å². The summed E-state index contributed by atoms with van der Waals surface area (Å²) in [5.74, 6) is -0.813. The Kier molecular flexibility index (Phi) is 6.73. The summed E-state index contributed by atoms with van der Waals surface area (Å²) in [7, 11) is 0. The van der Waals surface area contributed by atoms with Crippen LogP contribution in [0, 0.1) is 0 Å². The van der Waals surface area contributed by atoms with Gasteiger partial charge in [0.25, 0.3) is 5.91 Å². The van der Waals surface area contributed by atoms with E-state index in [0.29, 0.717) is 21.5 Å². The van der Waals surface area contributed by atoms with E-state index in [9.17, 15) is 9.59 Å². The molecule has 2 aromatic rings. The third-order valence-electron chi connectivity index (χ3n) is 2.74. The van der Waals surface area contributed by atoms with Crippen molar-refractivity contribution in [3.8, 4) is 5.75 Å². The van der Waals surface area contributed by atoms with E-state index in [1.54, 1.807) is 42.5 Å². The van der Waals surface area contributed by atoms with Gasteiger partial charge in [0.15, 0.2) is 13.2 Å². The second kappa shape index (κ2) is 8.78. The van der Waals surface area contributed by atoms with Crippen LogP contribution in [0.5, 0.6) is 5.75 Å². The summed E-state index contributed by atoms with van der Waals surface area (Å²) in [6.07, 6.45) is 0. The number of halogens is 3. The van der Waals surface area contributed by atoms with Gasteiger partial charge in [0.2, 0.25) is 0 Å². The van der Waals surface area contributed by atoms with Crippen molar-refractivity contribution in [2.45, 2.75) is 0 Å². The first-order valence-electron chi connectivity index (χ1n) is 6.73. The minimum atomic E-state index is -0.692. The SMILES string of the molecule is O=C(COC(=O)COc1cccc(Cl)c1)Nc1cccc(Cl)c1Cl. The minimum Gasteiger partial charge on any atom is -0.482 e. The molecule has 0 radical (unpaired) electrons. The summed E-state index contributed by atoms with van der Waals surface area (Å²) in [5, 5.41) is 3.50. The van der Waals surface area contributed by atoms with E-state index >= 15 is 0 Å². The van der Waals surface area contributed by atoms with Crippen molar-refractivity contribution in [2.24, 2.45) is 0 Å². The highest BCUT2D eigenvalue weighted by Crippen LogP contribution is 2.29. The van der Waals surface area contributed by atoms with Crippen molar-refractivity contribution in [1.82, 2.24) is 0 Å². The fraction of sp³-hybridized carbons (Fsp3) is 0.125. The molecule has 2 aromatic carbocycles. The van der Waals surface area contributed by atoms with E-state index < -0.39 is 18.5 Å². The Balaban J connectivity index is 1.77. The first kappa shape index (κ1) is 18.4. The Morgan fingerprint density at radius 1 is 1.00 bits per heavy atom. The standard InChI is InChI=1S/C16H12Cl3NO4/c17-10-3-1-4-11(7-10)23-9-15(22)24-8-14(21)20-13-6-2-5-12(18)16(13)19/h1-7H,8-9H2,(H,20,21). The topological polar surface area (TPSA) is 64.6 Å². The Morgan fingerprint density at radius 2 is 1.75 bits per heavy atom. The monoisotopic (exact) mass is 387 g/mol. The summed E-state index contributed by atoms with van der Waals surface area (Å²) >= 11 is 17.6. The first-order chi connectivity index (χ1) is 11.5. The lowest BCUT2D eigenvalue weighted by Gasteiger charge is -2.09. The third-order valence-corrected chi connectivity index (χ3v) is 3.80. The largest absolute Gasteiger partial charge is 0.482 e. The number of carbonyl (C=O) groups excluding carboxylic acids is 2. The number of benzene rings is 2. The highest BCUT2D eigenvalue weighted by atomic mass is 35.5. The second-order valence-corrected chi connectivity index (χ2v) is 5.78. The average Bonchev–Trinajstić information content (AvgIpc) is 2.55. The second-order valence-electron chi connectivity index (χ2n) is 4.56. The van der Waals surface area contributed by atoms with Crippen LogP contribution in [0.25, 0.3) is 0 Å². The number of ether oxygens (including phenoxy) is 2. The molecule has 0 bridgehead atoms. The van der Waals surface area contributed by atoms with E-state index in [1.165, 1.54) is 0 Å². The fourth-order valence-corrected chi connectivity index (χ4v) is 2.20. The number of amides is 1. The quantitative estimate of drug-likeness (QED) is 0.753. The summed E-state index contributed by atoms with van der Waals surface area (Å²) in [4.78, 5) is 23.3. The van der Waals surface area contributed by atoms with Crippen molar-refractivity contribution in [3.05, 3.63) is 57.5 Å². The van der Waals surface area contributed by atoms with Gasteiger partial charge in [0, 0.05) is 5.02 Å². The Bertz CT molecular complexity index is 752. The number of esters is 1. The molecule has 0 aliphatic rings. The van der Waals surface area contributed by atoms with Crippen molar-refractivity contribution >= 4 is 52.4 Å². The zero-order chi connectivity index (χ0) is 17.5. The van der Waals surface area contributed by atoms with Gasteiger partial charge in [-0.25, -0.2) is 4.79 Å². The van der Waals surface area contributed by atoms with Crippen LogP contribution in [-0.2, 0) is 14.3 Å². The van der Waals surface area contributed by atoms with Gasteiger partial charge in [-0.3, -0.25) is 4.79 Å². The highest BCUT2D eigenvalue weighted by molar-refractivity contribution is 6.44. The van der Waals surface area contributed by atoms with Crippen LogP contribution in [-0.4, -0.2) is 25.1 Å². The molecule has 0 saturated heterocycles. The van der Waals surface area contributed by atoms with Crippen LogP contribution in [0.1, 0.15) is 0 Å². The van der Waals surface area contributed by atoms with E-state index in [0.717, 1.165) is 0 Å². The molecule has 8 heteroatoms. The molecular formula is C16H12Cl3NO4. The average molecular weight is 389 g/mol. The molecule has 0 heterocycles. The minimum absolute atomic E-state index is 0.211. The molecule has 2 rings (SSSR count). The number of nitrogens with one attached hydrogen (secondary N) is 1. The molecule has 1 N–H and O–H groups in total. The van der Waals surface area contributed by atoms with E-state index in [2.05, 4.69) is 5.32 Å². The lowest BCUT2D eigenvalue weighted by atomic mass is 10.3. The van der Waals surface area contributed by atoms with Gasteiger partial charge in [-0.2, -0.15) is 0 Å². The van der Waals surface area contributed by atoms with Crippen LogP contribution < -0.4 is 10.1 Å². The number of hydrogen-bond donors (Lipinski definition) is 1. The Morgan fingerprint density at radius 3 is 2.50 bits per heavy atom. The summed E-state index contributed by atoms with van der Waals surface area (Å²) in [5.41, 5.74) is 0.334. The van der Waals surface area contributed by atoms with E-state index in [-0.39, 0.29) is 11.6 Å². The first-order valence-corrected chi connectivity index (χ1v) is 7.87. The molecular weight excluding hydrogens is 377 g/mol. The molecule has 5 nitrogen and oxygen atoms in total. The lowest BCUT2D eigenvalue weighted by molar-refractivity contribution is -0.149. The molecule has 0 aromatic heterocycles. The van der Waals surface area contributed by atoms with Gasteiger partial charge in [-0.05, 0) is 30.3 Å². The van der Waals surface area contributed by atoms with Gasteiger partial charge in [-0.1, -0.05) is 46.9 Å². The Hall–Kier alpha value is -1.95. The summed E-state index contributed by atoms with van der Waals surface area (Å²) in [6.45, 7) is -0.813. The number of rotatable bonds is 6. The van der Waals surface area contributed by atoms with Crippen molar-refractivity contribution in [3.63, 3.8) is 0 Å². The predicted octanol–water partition coefficient (Wildman–Crippen LogP) is 4.21. The third kappa shape index (κ3) is 5.60. The van der Waals surface area contributed by atoms with Gasteiger partial charge >= 0.3 is 5.97 Å². The normalized spacial score (nSPS) is 10.1. The number of anilines is 1. The van der Waals surface area contributed by atoms with Crippen LogP contribution in [0.15, 0.2) is 42.5 Å². The van der Waals surface area contributed by atoms with Crippen molar-refractivity contribution < 1.29 is 19.1 Å². The summed E-state index contributed by atoms with van der Waals surface area (Å²) in [6, 6.07) is 11.4. The van der Waals surface area contributed by atoms with E-state index in [1.807, 2.05) is 0 Å². The molecule has 126 valence electrons. The van der Waals surface area contributed by atoms with Crippen LogP contribution in [0.4, 0.5) is 5.69 Å². The molecule has 0 atom stereocenters. The summed E-state index contributed by atoms with van der Waals surface area (Å²) < 4.78 is 10.0. The van der Waals surface area contributed by atoms with Crippen LogP contribution in [0.2, 0.25) is 15.1 Å². The van der Waals surface area contributed by atoms with Crippen molar-refractivity contribution in [2.75, 3.05) is 18.5 Å². The van der Waals surface area contributed by atoms with E-state index in [4.69, 9.17) is 44.3 Å². The number of hydrogen-bond acceptors (Lipinski definition) is 4. The zero-order valence-corrected chi connectivity index (χ0v) is 14.5. The number of carbonyl (C=O) groups is 2. The lowest BCUT2D eigenvalue weighted by Crippen LogP contribution is -2.23. The van der Waals surface area contributed by atoms with Crippen molar-refractivity contribution in [1.29, 1.82) is 0 Å². The highest BCUT2D eigenvalue weighted by Gasteiger charge is 2.11. The fourth-order valence-electron chi connectivity index (χ4n) is 1.67. The smallest absolute Gasteiger partial charge is 0.344 e. The molecule has 24 heavy (non-hydrogen) atoms. The molecule has 0 spiro atoms. The molecule has 0 aliphatic carbocycles. The van der Waals surface area contributed by atoms with Gasteiger partial charge in [0.05, 0.1) is 15.7 Å². The van der Waals surface area contributed by atoms with Gasteiger partial charge in [-0.15, -0.1) is 0 Å². The Labute approximate surface area is 153 Å². The molecule has 0 unspecified atom stereocenters. The van der Waals surface area contributed by atoms with Gasteiger partial charge < -0.3 is 14.8 Å². The molecule has 0 fully saturated rings. The molecule has 0 saturated carbocycles. The molecule has 1 amide bonds.